The smallest absolute Gasteiger partial charge is 0.324 e. The Kier molecular flexibility index (Phi) is 15.5. The highest BCUT2D eigenvalue weighted by atomic mass is 16.7. The molecule has 1 amide bonds. The van der Waals surface area contributed by atoms with Crippen molar-refractivity contribution in [3.8, 4) is 0 Å². The number of amides is 1. The number of rotatable bonds is 15. The number of carbonyl (C=O) groups excluding carboxylic acids is 2. The Morgan fingerprint density at radius 1 is 0.818 bits per heavy atom. The third-order valence-corrected chi connectivity index (χ3v) is 3.77. The lowest BCUT2D eigenvalue weighted by atomic mass is 10.1. The fraction of sp³-hybridized carbons (Fsp3) is 0.882. The Hall–Kier alpha value is -1.10. The molecule has 0 saturated carbocycles. The molecule has 0 radical (unpaired) electrons. The number of nitrogens with two attached hydrogens (primary N) is 1. The van der Waals surface area contributed by atoms with E-state index in [1.165, 1.54) is 44.9 Å². The van der Waals surface area contributed by atoms with Crippen molar-refractivity contribution < 1.29 is 14.4 Å². The van der Waals surface area contributed by atoms with Crippen LogP contribution in [-0.4, -0.2) is 18.4 Å². The average Bonchev–Trinajstić information content (AvgIpc) is 2.52. The van der Waals surface area contributed by atoms with Crippen LogP contribution in [0.25, 0.3) is 0 Å². The SMILES string of the molecule is CCCCCCCCCCCC(=O)NCCCCC(=O)ON. The zero-order valence-corrected chi connectivity index (χ0v) is 14.2. The highest BCUT2D eigenvalue weighted by molar-refractivity contribution is 5.75. The van der Waals surface area contributed by atoms with Crippen molar-refractivity contribution >= 4 is 11.9 Å². The van der Waals surface area contributed by atoms with Crippen molar-refractivity contribution in [2.45, 2.75) is 90.4 Å². The summed E-state index contributed by atoms with van der Waals surface area (Å²) in [4.78, 5) is 26.4. The Morgan fingerprint density at radius 2 is 1.36 bits per heavy atom. The highest BCUT2D eigenvalue weighted by Gasteiger charge is 2.02. The second-order valence-corrected chi connectivity index (χ2v) is 5.88. The Bertz CT molecular complexity index is 283. The van der Waals surface area contributed by atoms with E-state index in [1.807, 2.05) is 0 Å². The van der Waals surface area contributed by atoms with Gasteiger partial charge in [-0.15, -0.1) is 0 Å². The number of hydrogen-bond donors (Lipinski definition) is 2. The van der Waals surface area contributed by atoms with Crippen molar-refractivity contribution in [3.63, 3.8) is 0 Å². The summed E-state index contributed by atoms with van der Waals surface area (Å²) in [5.41, 5.74) is 0. The maximum Gasteiger partial charge on any atom is 0.324 e. The van der Waals surface area contributed by atoms with Gasteiger partial charge in [-0.3, -0.25) is 9.59 Å². The molecule has 0 unspecified atom stereocenters. The number of hydrogen-bond acceptors (Lipinski definition) is 4. The molecule has 0 fully saturated rings. The first-order chi connectivity index (χ1) is 10.7. The third kappa shape index (κ3) is 15.3. The Labute approximate surface area is 135 Å². The molecule has 3 N–H and O–H groups in total. The van der Waals surface area contributed by atoms with Crippen molar-refractivity contribution in [3.05, 3.63) is 0 Å². The summed E-state index contributed by atoms with van der Waals surface area (Å²) in [7, 11) is 0. The van der Waals surface area contributed by atoms with Crippen LogP contribution >= 0.6 is 0 Å². The van der Waals surface area contributed by atoms with Gasteiger partial charge in [0, 0.05) is 19.4 Å². The van der Waals surface area contributed by atoms with E-state index in [-0.39, 0.29) is 5.91 Å². The number of nitrogens with one attached hydrogen (secondary N) is 1. The molecule has 0 aliphatic carbocycles. The van der Waals surface area contributed by atoms with Gasteiger partial charge in [-0.2, -0.15) is 5.90 Å². The van der Waals surface area contributed by atoms with Gasteiger partial charge in [0.1, 0.15) is 0 Å². The molecule has 0 rings (SSSR count). The summed E-state index contributed by atoms with van der Waals surface area (Å²) in [6.07, 6.45) is 13.7. The first kappa shape index (κ1) is 20.9. The molecule has 0 aromatic rings. The monoisotopic (exact) mass is 314 g/mol. The van der Waals surface area contributed by atoms with Crippen molar-refractivity contribution in [1.29, 1.82) is 0 Å². The van der Waals surface area contributed by atoms with Crippen molar-refractivity contribution in [2.24, 2.45) is 5.90 Å². The maximum absolute atomic E-state index is 11.6. The van der Waals surface area contributed by atoms with Crippen LogP contribution in [0, 0.1) is 0 Å². The first-order valence-electron chi connectivity index (χ1n) is 8.87. The minimum absolute atomic E-state index is 0.115. The fourth-order valence-electron chi connectivity index (χ4n) is 2.37. The second-order valence-electron chi connectivity index (χ2n) is 5.88. The van der Waals surface area contributed by atoms with E-state index in [2.05, 4.69) is 17.1 Å². The van der Waals surface area contributed by atoms with E-state index in [1.54, 1.807) is 0 Å². The summed E-state index contributed by atoms with van der Waals surface area (Å²) < 4.78 is 0. The third-order valence-electron chi connectivity index (χ3n) is 3.77. The first-order valence-corrected chi connectivity index (χ1v) is 8.87. The predicted molar refractivity (Wildman–Crippen MR) is 89.0 cm³/mol. The van der Waals surface area contributed by atoms with E-state index in [4.69, 9.17) is 5.90 Å². The van der Waals surface area contributed by atoms with E-state index < -0.39 is 5.97 Å². The molecule has 0 saturated heterocycles. The molecule has 0 heterocycles. The molecule has 0 bridgehead atoms. The van der Waals surface area contributed by atoms with Crippen molar-refractivity contribution in [2.75, 3.05) is 6.54 Å². The molecule has 0 aliphatic heterocycles. The van der Waals surface area contributed by atoms with Gasteiger partial charge in [-0.1, -0.05) is 58.3 Å². The van der Waals surface area contributed by atoms with Crippen LogP contribution in [-0.2, 0) is 14.4 Å². The topological polar surface area (TPSA) is 81.4 Å². The predicted octanol–water partition coefficient (Wildman–Crippen LogP) is 3.61. The van der Waals surface area contributed by atoms with Crippen LogP contribution in [0.1, 0.15) is 90.4 Å². The zero-order chi connectivity index (χ0) is 16.5. The van der Waals surface area contributed by atoms with Crippen LogP contribution in [0.3, 0.4) is 0 Å². The van der Waals surface area contributed by atoms with Gasteiger partial charge in [0.05, 0.1) is 0 Å². The summed E-state index contributed by atoms with van der Waals surface area (Å²) in [5, 5.41) is 2.88. The molecule has 0 aromatic heterocycles. The standard InChI is InChI=1S/C17H34N2O3/c1-2-3-4-5-6-7-8-9-10-13-16(20)19-15-12-11-14-17(21)22-18/h2-15,18H2,1H3,(H,19,20). The summed E-state index contributed by atoms with van der Waals surface area (Å²) >= 11 is 0. The van der Waals surface area contributed by atoms with Gasteiger partial charge in [-0.25, -0.2) is 0 Å². The fourth-order valence-corrected chi connectivity index (χ4v) is 2.37. The van der Waals surface area contributed by atoms with Crippen LogP contribution in [0.4, 0.5) is 0 Å². The number of unbranched alkanes of at least 4 members (excludes halogenated alkanes) is 9. The lowest BCUT2D eigenvalue weighted by Crippen LogP contribution is -2.24. The Morgan fingerprint density at radius 3 is 1.95 bits per heavy atom. The van der Waals surface area contributed by atoms with E-state index in [9.17, 15) is 9.59 Å². The average molecular weight is 314 g/mol. The van der Waals surface area contributed by atoms with E-state index in [0.29, 0.717) is 25.8 Å². The normalized spacial score (nSPS) is 10.5. The largest absolute Gasteiger partial charge is 0.373 e. The van der Waals surface area contributed by atoms with Gasteiger partial charge in [0.25, 0.3) is 0 Å². The molecule has 0 spiro atoms. The molecular formula is C17H34N2O3. The molecule has 22 heavy (non-hydrogen) atoms. The Balaban J connectivity index is 3.21. The van der Waals surface area contributed by atoms with Crippen LogP contribution in [0.2, 0.25) is 0 Å². The minimum atomic E-state index is -0.402. The van der Waals surface area contributed by atoms with Gasteiger partial charge < -0.3 is 10.2 Å². The second kappa shape index (κ2) is 16.3. The van der Waals surface area contributed by atoms with E-state index in [0.717, 1.165) is 19.3 Å². The van der Waals surface area contributed by atoms with Gasteiger partial charge in [0.15, 0.2) is 0 Å². The highest BCUT2D eigenvalue weighted by Crippen LogP contribution is 2.10. The van der Waals surface area contributed by atoms with Crippen molar-refractivity contribution in [1.82, 2.24) is 5.32 Å². The van der Waals surface area contributed by atoms with Gasteiger partial charge >= 0.3 is 5.97 Å². The lowest BCUT2D eigenvalue weighted by Gasteiger charge is -2.05. The maximum atomic E-state index is 11.6. The van der Waals surface area contributed by atoms with E-state index >= 15 is 0 Å². The molecular weight excluding hydrogens is 280 g/mol. The molecule has 5 nitrogen and oxygen atoms in total. The van der Waals surface area contributed by atoms with Crippen LogP contribution < -0.4 is 11.2 Å². The van der Waals surface area contributed by atoms with Crippen LogP contribution in [0.5, 0.6) is 0 Å². The lowest BCUT2D eigenvalue weighted by molar-refractivity contribution is -0.144. The molecule has 0 aliphatic rings. The number of carbonyl (C=O) groups is 2. The summed E-state index contributed by atoms with van der Waals surface area (Å²) in [6, 6.07) is 0. The molecule has 0 atom stereocenters. The summed E-state index contributed by atoms with van der Waals surface area (Å²) in [6.45, 7) is 2.85. The van der Waals surface area contributed by atoms with Crippen LogP contribution in [0.15, 0.2) is 0 Å². The quantitative estimate of drug-likeness (QED) is 0.357. The molecule has 130 valence electrons. The molecule has 5 heteroatoms. The molecule has 0 aromatic carbocycles. The summed E-state index contributed by atoms with van der Waals surface area (Å²) in [5.74, 6) is 4.45. The zero-order valence-electron chi connectivity index (χ0n) is 14.2. The minimum Gasteiger partial charge on any atom is -0.373 e. The van der Waals surface area contributed by atoms with Gasteiger partial charge in [0.2, 0.25) is 5.91 Å². The van der Waals surface area contributed by atoms with Gasteiger partial charge in [-0.05, 0) is 19.3 Å².